The van der Waals surface area contributed by atoms with Crippen molar-refractivity contribution in [1.82, 2.24) is 4.90 Å². The summed E-state index contributed by atoms with van der Waals surface area (Å²) in [6.07, 6.45) is -1.40. The van der Waals surface area contributed by atoms with Crippen molar-refractivity contribution in [3.8, 4) is 11.5 Å². The molecule has 3 rings (SSSR count). The standard InChI is InChI=1S/C24H32FNO2.C5H9F3/c1-3-4-5-21-14-22(27)8-11-24(21)18(2)20-6-9-23(10-7-20)28-13-12-26-16-19(15-25)17-26;1-4(2)3-5(6,7)8/h6-11,14,18-19,27H,3-5,12-13,15-17H2,1-2H3;4H,3H2,1-2H3. The minimum absolute atomic E-state index is 0.210. The lowest BCUT2D eigenvalue weighted by molar-refractivity contribution is -0.141. The van der Waals surface area contributed by atoms with Gasteiger partial charge in [0, 0.05) is 37.9 Å². The molecule has 3 nitrogen and oxygen atoms in total. The molecule has 0 radical (unpaired) electrons. The summed E-state index contributed by atoms with van der Waals surface area (Å²) >= 11 is 0. The molecule has 1 aliphatic heterocycles. The van der Waals surface area contributed by atoms with Gasteiger partial charge in [0.25, 0.3) is 0 Å². The fourth-order valence-corrected chi connectivity index (χ4v) is 4.34. The molecule has 1 saturated heterocycles. The average Bonchev–Trinajstić information content (AvgIpc) is 2.78. The number of likely N-dealkylation sites (tertiary alicyclic amines) is 1. The average molecular weight is 512 g/mol. The van der Waals surface area contributed by atoms with E-state index in [4.69, 9.17) is 4.74 Å². The molecule has 1 unspecified atom stereocenters. The molecule has 2 aromatic rings. The van der Waals surface area contributed by atoms with Gasteiger partial charge < -0.3 is 9.84 Å². The van der Waals surface area contributed by atoms with Crippen molar-refractivity contribution in [2.24, 2.45) is 11.8 Å². The Balaban J connectivity index is 0.000000493. The van der Waals surface area contributed by atoms with E-state index in [1.807, 2.05) is 24.3 Å². The number of phenols is 1. The van der Waals surface area contributed by atoms with E-state index in [1.165, 1.54) is 16.7 Å². The third-order valence-electron chi connectivity index (χ3n) is 6.34. The highest BCUT2D eigenvalue weighted by Gasteiger charge is 2.28. The Morgan fingerprint density at radius 3 is 2.25 bits per heavy atom. The van der Waals surface area contributed by atoms with Crippen molar-refractivity contribution in [2.75, 3.05) is 32.9 Å². The monoisotopic (exact) mass is 511 g/mol. The van der Waals surface area contributed by atoms with Crippen LogP contribution in [0.1, 0.15) is 69.6 Å². The maximum absolute atomic E-state index is 12.5. The molecule has 1 heterocycles. The Bertz CT molecular complexity index is 893. The number of unbranched alkanes of at least 4 members (excludes halogenated alkanes) is 1. The highest BCUT2D eigenvalue weighted by molar-refractivity contribution is 5.42. The summed E-state index contributed by atoms with van der Waals surface area (Å²) in [5.74, 6) is 1.42. The predicted molar refractivity (Wildman–Crippen MR) is 138 cm³/mol. The van der Waals surface area contributed by atoms with E-state index < -0.39 is 12.6 Å². The molecule has 202 valence electrons. The van der Waals surface area contributed by atoms with E-state index in [0.29, 0.717) is 12.4 Å². The summed E-state index contributed by atoms with van der Waals surface area (Å²) in [4.78, 5) is 2.23. The van der Waals surface area contributed by atoms with Gasteiger partial charge in [-0.05, 0) is 59.7 Å². The number of nitrogens with zero attached hydrogens (tertiary/aromatic N) is 1. The summed E-state index contributed by atoms with van der Waals surface area (Å²) in [6.45, 7) is 10.5. The Hall–Kier alpha value is -2.28. The van der Waals surface area contributed by atoms with Crippen LogP contribution >= 0.6 is 0 Å². The van der Waals surface area contributed by atoms with Crippen LogP contribution in [0.15, 0.2) is 42.5 Å². The molecule has 0 amide bonds. The highest BCUT2D eigenvalue weighted by atomic mass is 19.4. The minimum atomic E-state index is -3.98. The van der Waals surface area contributed by atoms with Crippen LogP contribution in [0.5, 0.6) is 11.5 Å². The van der Waals surface area contributed by atoms with E-state index >= 15 is 0 Å². The van der Waals surface area contributed by atoms with E-state index in [0.717, 1.165) is 44.6 Å². The molecule has 0 aromatic heterocycles. The molecule has 1 aliphatic rings. The topological polar surface area (TPSA) is 32.7 Å². The quantitative estimate of drug-likeness (QED) is 0.313. The second-order valence-electron chi connectivity index (χ2n) is 10.1. The molecule has 1 atom stereocenters. The molecule has 0 saturated carbocycles. The summed E-state index contributed by atoms with van der Waals surface area (Å²) in [7, 11) is 0. The molecular formula is C29H41F4NO2. The zero-order valence-electron chi connectivity index (χ0n) is 22.0. The normalized spacial score (nSPS) is 15.2. The third-order valence-corrected chi connectivity index (χ3v) is 6.34. The van der Waals surface area contributed by atoms with Gasteiger partial charge in [0.1, 0.15) is 18.1 Å². The van der Waals surface area contributed by atoms with Crippen LogP contribution in [0.4, 0.5) is 17.6 Å². The van der Waals surface area contributed by atoms with Crippen LogP contribution in [0.3, 0.4) is 0 Å². The number of rotatable bonds is 11. The van der Waals surface area contributed by atoms with E-state index in [2.05, 4.69) is 30.9 Å². The van der Waals surface area contributed by atoms with Crippen molar-refractivity contribution in [1.29, 1.82) is 0 Å². The van der Waals surface area contributed by atoms with Gasteiger partial charge in [0.2, 0.25) is 0 Å². The summed E-state index contributed by atoms with van der Waals surface area (Å²) < 4.78 is 52.2. The van der Waals surface area contributed by atoms with Crippen LogP contribution in [-0.2, 0) is 6.42 Å². The number of hydrogen-bond acceptors (Lipinski definition) is 3. The lowest BCUT2D eigenvalue weighted by Gasteiger charge is -2.37. The van der Waals surface area contributed by atoms with Gasteiger partial charge in [0.15, 0.2) is 0 Å². The lowest BCUT2D eigenvalue weighted by atomic mass is 9.88. The molecule has 1 fully saturated rings. The van der Waals surface area contributed by atoms with E-state index in [1.54, 1.807) is 19.9 Å². The van der Waals surface area contributed by atoms with Crippen molar-refractivity contribution >= 4 is 0 Å². The third kappa shape index (κ3) is 10.4. The summed E-state index contributed by atoms with van der Waals surface area (Å²) in [5, 5.41) is 9.86. The van der Waals surface area contributed by atoms with Gasteiger partial charge in [-0.15, -0.1) is 0 Å². The molecular weight excluding hydrogens is 470 g/mol. The zero-order chi connectivity index (χ0) is 26.7. The number of phenolic OH excluding ortho intramolecular Hbond substituents is 1. The Kier molecular flexibility index (Phi) is 12.0. The van der Waals surface area contributed by atoms with Crippen LogP contribution in [0.2, 0.25) is 0 Å². The maximum Gasteiger partial charge on any atom is 0.389 e. The summed E-state index contributed by atoms with van der Waals surface area (Å²) in [6, 6.07) is 14.0. The first-order valence-electron chi connectivity index (χ1n) is 12.9. The number of hydrogen-bond donors (Lipinski definition) is 1. The molecule has 0 bridgehead atoms. The van der Waals surface area contributed by atoms with Gasteiger partial charge in [0.05, 0.1) is 6.67 Å². The van der Waals surface area contributed by atoms with Crippen LogP contribution in [-0.4, -0.2) is 49.1 Å². The molecule has 0 aliphatic carbocycles. The van der Waals surface area contributed by atoms with Gasteiger partial charge in [-0.25, -0.2) is 0 Å². The Labute approximate surface area is 213 Å². The number of ether oxygens (including phenoxy) is 1. The minimum Gasteiger partial charge on any atom is -0.508 e. The van der Waals surface area contributed by atoms with Gasteiger partial charge >= 0.3 is 6.18 Å². The van der Waals surface area contributed by atoms with Crippen molar-refractivity contribution in [3.05, 3.63) is 59.2 Å². The van der Waals surface area contributed by atoms with E-state index in [-0.39, 0.29) is 24.4 Å². The van der Waals surface area contributed by atoms with Crippen molar-refractivity contribution in [3.63, 3.8) is 0 Å². The number of benzene rings is 2. The smallest absolute Gasteiger partial charge is 0.389 e. The number of halogens is 4. The second-order valence-corrected chi connectivity index (χ2v) is 10.1. The Morgan fingerprint density at radius 2 is 1.72 bits per heavy atom. The first-order valence-corrected chi connectivity index (χ1v) is 12.9. The highest BCUT2D eigenvalue weighted by Crippen LogP contribution is 2.31. The van der Waals surface area contributed by atoms with Crippen LogP contribution in [0, 0.1) is 11.8 Å². The molecule has 0 spiro atoms. The maximum atomic E-state index is 12.5. The predicted octanol–water partition coefficient (Wildman–Crippen LogP) is 7.76. The zero-order valence-corrected chi connectivity index (χ0v) is 22.0. The largest absolute Gasteiger partial charge is 0.508 e. The van der Waals surface area contributed by atoms with Crippen LogP contribution in [0.25, 0.3) is 0 Å². The summed E-state index contributed by atoms with van der Waals surface area (Å²) in [5.41, 5.74) is 3.75. The van der Waals surface area contributed by atoms with E-state index in [9.17, 15) is 22.7 Å². The van der Waals surface area contributed by atoms with Gasteiger partial charge in [-0.3, -0.25) is 9.29 Å². The SMILES string of the molecule is CC(C)CC(F)(F)F.CCCCc1cc(O)ccc1C(C)c1ccc(OCCN2CC(CF)C2)cc1. The van der Waals surface area contributed by atoms with Crippen molar-refractivity contribution < 1.29 is 27.4 Å². The second kappa shape index (κ2) is 14.5. The number of aryl methyl sites for hydroxylation is 1. The first kappa shape index (κ1) is 29.9. The fourth-order valence-electron chi connectivity index (χ4n) is 4.34. The van der Waals surface area contributed by atoms with Gasteiger partial charge in [-0.1, -0.05) is 52.3 Å². The Morgan fingerprint density at radius 1 is 1.06 bits per heavy atom. The van der Waals surface area contributed by atoms with Crippen LogP contribution < -0.4 is 4.74 Å². The van der Waals surface area contributed by atoms with Crippen molar-refractivity contribution in [2.45, 2.75) is 65.5 Å². The molecule has 1 N–H and O–H groups in total. The first-order chi connectivity index (χ1) is 17.0. The molecule has 2 aromatic carbocycles. The van der Waals surface area contributed by atoms with Gasteiger partial charge in [-0.2, -0.15) is 13.2 Å². The lowest BCUT2D eigenvalue weighted by Crippen LogP contribution is -2.49. The molecule has 36 heavy (non-hydrogen) atoms. The number of aromatic hydroxyl groups is 1. The fraction of sp³-hybridized carbons (Fsp3) is 0.586. The molecule has 7 heteroatoms. The number of alkyl halides is 4.